The van der Waals surface area contributed by atoms with Crippen LogP contribution in [0.15, 0.2) is 28.3 Å². The molecule has 4 nitrogen and oxygen atoms in total. The van der Waals surface area contributed by atoms with Crippen LogP contribution in [0.5, 0.6) is 0 Å². The number of rotatable bonds is 2. The van der Waals surface area contributed by atoms with Crippen molar-refractivity contribution >= 4 is 23.5 Å². The van der Waals surface area contributed by atoms with Crippen molar-refractivity contribution in [3.8, 4) is 0 Å². The van der Waals surface area contributed by atoms with E-state index in [1.807, 2.05) is 52.8 Å². The van der Waals surface area contributed by atoms with Gasteiger partial charge in [-0.05, 0) is 64.8 Å². The average Bonchev–Trinajstić information content (AvgIpc) is 2.65. The third-order valence-electron chi connectivity index (χ3n) is 3.53. The Hall–Kier alpha value is -1.97. The second-order valence-electron chi connectivity index (χ2n) is 6.59. The van der Waals surface area contributed by atoms with Crippen LogP contribution in [0.1, 0.15) is 38.8 Å². The molecule has 112 valence electrons. The quantitative estimate of drug-likeness (QED) is 0.767. The van der Waals surface area contributed by atoms with Crippen LogP contribution in [-0.4, -0.2) is 23.4 Å². The predicted octanol–water partition coefficient (Wildman–Crippen LogP) is 3.51. The molecule has 1 aliphatic heterocycles. The largest absolute Gasteiger partial charge is 0.291 e. The van der Waals surface area contributed by atoms with Crippen LogP contribution in [0.4, 0.5) is 5.69 Å². The molecule has 0 fully saturated rings. The van der Waals surface area contributed by atoms with Gasteiger partial charge in [-0.2, -0.15) is 10.1 Å². The fourth-order valence-electron chi connectivity index (χ4n) is 2.09. The smallest absolute Gasteiger partial charge is 0.261 e. The van der Waals surface area contributed by atoms with Crippen molar-refractivity contribution < 1.29 is 4.79 Å². The number of anilines is 1. The fraction of sp³-hybridized carbons (Fsp3) is 0.471. The lowest BCUT2D eigenvalue weighted by Crippen LogP contribution is -2.28. The van der Waals surface area contributed by atoms with E-state index in [2.05, 4.69) is 17.0 Å². The van der Waals surface area contributed by atoms with Gasteiger partial charge in [-0.15, -0.1) is 0 Å². The molecule has 1 aromatic carbocycles. The summed E-state index contributed by atoms with van der Waals surface area (Å²) in [5, 5.41) is 5.89. The van der Waals surface area contributed by atoms with Crippen molar-refractivity contribution in [1.82, 2.24) is 0 Å². The van der Waals surface area contributed by atoms with Gasteiger partial charge in [0, 0.05) is 6.21 Å². The van der Waals surface area contributed by atoms with Crippen molar-refractivity contribution in [2.45, 2.75) is 47.1 Å². The monoisotopic (exact) mass is 285 g/mol. The van der Waals surface area contributed by atoms with Crippen molar-refractivity contribution in [2.75, 3.05) is 5.01 Å². The number of hydrazone groups is 1. The fourth-order valence-corrected chi connectivity index (χ4v) is 2.09. The lowest BCUT2D eigenvalue weighted by molar-refractivity contribution is -0.118. The van der Waals surface area contributed by atoms with E-state index < -0.39 is 0 Å². The normalized spacial score (nSPS) is 19.5. The van der Waals surface area contributed by atoms with Gasteiger partial charge in [-0.1, -0.05) is 6.07 Å². The summed E-state index contributed by atoms with van der Waals surface area (Å²) >= 11 is 0. The van der Waals surface area contributed by atoms with E-state index in [0.29, 0.717) is 0 Å². The van der Waals surface area contributed by atoms with E-state index in [4.69, 9.17) is 0 Å². The first-order chi connectivity index (χ1) is 9.69. The Morgan fingerprint density at radius 2 is 1.86 bits per heavy atom. The third kappa shape index (κ3) is 3.38. The standard InChI is InChI=1S/C17H23N3O/c1-11-7-8-14(9-12(11)2)20-16(21)15(13(3)19-20)10-18-17(4,5)6/h7-10,15H,1-6H3/t15-/m1/s1. The lowest BCUT2D eigenvalue weighted by atomic mass is 10.0. The summed E-state index contributed by atoms with van der Waals surface area (Å²) in [6.45, 7) is 12.0. The second kappa shape index (κ2) is 5.43. The first-order valence-corrected chi connectivity index (χ1v) is 7.21. The van der Waals surface area contributed by atoms with Crippen LogP contribution >= 0.6 is 0 Å². The molecule has 1 atom stereocenters. The number of aryl methyl sites for hydroxylation is 2. The van der Waals surface area contributed by atoms with Gasteiger partial charge in [0.1, 0.15) is 5.92 Å². The highest BCUT2D eigenvalue weighted by Crippen LogP contribution is 2.25. The molecule has 0 aromatic heterocycles. The molecule has 2 rings (SSSR count). The summed E-state index contributed by atoms with van der Waals surface area (Å²) in [5.41, 5.74) is 3.77. The summed E-state index contributed by atoms with van der Waals surface area (Å²) in [6.07, 6.45) is 1.72. The highest BCUT2D eigenvalue weighted by atomic mass is 16.2. The van der Waals surface area contributed by atoms with Crippen LogP contribution in [0.2, 0.25) is 0 Å². The van der Waals surface area contributed by atoms with Crippen molar-refractivity contribution in [3.63, 3.8) is 0 Å². The molecule has 21 heavy (non-hydrogen) atoms. The van der Waals surface area contributed by atoms with E-state index >= 15 is 0 Å². The molecule has 1 aliphatic rings. The average molecular weight is 285 g/mol. The third-order valence-corrected chi connectivity index (χ3v) is 3.53. The maximum absolute atomic E-state index is 12.5. The predicted molar refractivity (Wildman–Crippen MR) is 88.2 cm³/mol. The number of hydrogen-bond donors (Lipinski definition) is 0. The summed E-state index contributed by atoms with van der Waals surface area (Å²) < 4.78 is 0. The van der Waals surface area contributed by atoms with Gasteiger partial charge < -0.3 is 0 Å². The van der Waals surface area contributed by atoms with Gasteiger partial charge in [0.05, 0.1) is 16.9 Å². The van der Waals surface area contributed by atoms with Crippen LogP contribution in [0.3, 0.4) is 0 Å². The summed E-state index contributed by atoms with van der Waals surface area (Å²) in [7, 11) is 0. The summed E-state index contributed by atoms with van der Waals surface area (Å²) in [4.78, 5) is 17.0. The number of benzene rings is 1. The molecule has 0 saturated heterocycles. The minimum absolute atomic E-state index is 0.0382. The van der Waals surface area contributed by atoms with Gasteiger partial charge in [0.2, 0.25) is 0 Å². The minimum atomic E-state index is -0.356. The Morgan fingerprint density at radius 3 is 2.43 bits per heavy atom. The molecule has 0 saturated carbocycles. The zero-order valence-electron chi connectivity index (χ0n) is 13.6. The van der Waals surface area contributed by atoms with Gasteiger partial charge >= 0.3 is 0 Å². The SMILES string of the molecule is CC1=NN(c2ccc(C)c(C)c2)C(=O)[C@@H]1C=NC(C)(C)C. The van der Waals surface area contributed by atoms with E-state index in [0.717, 1.165) is 17.0 Å². The topological polar surface area (TPSA) is 45.0 Å². The molecule has 1 amide bonds. The molecule has 1 heterocycles. The molecule has 0 aliphatic carbocycles. The van der Waals surface area contributed by atoms with E-state index in [1.54, 1.807) is 6.21 Å². The number of carbonyl (C=O) groups is 1. The van der Waals surface area contributed by atoms with Gasteiger partial charge in [-0.3, -0.25) is 9.79 Å². The van der Waals surface area contributed by atoms with Crippen molar-refractivity contribution in [1.29, 1.82) is 0 Å². The molecule has 1 aromatic rings. The van der Waals surface area contributed by atoms with E-state index in [1.165, 1.54) is 10.6 Å². The lowest BCUT2D eigenvalue weighted by Gasteiger charge is -2.15. The number of amides is 1. The van der Waals surface area contributed by atoms with E-state index in [-0.39, 0.29) is 17.4 Å². The minimum Gasteiger partial charge on any atom is -0.291 e. The number of aliphatic imine (C=N–C) groups is 1. The number of carbonyl (C=O) groups excluding carboxylic acids is 1. The van der Waals surface area contributed by atoms with Crippen LogP contribution in [0.25, 0.3) is 0 Å². The molecule has 4 heteroatoms. The molecular weight excluding hydrogens is 262 g/mol. The number of hydrogen-bond acceptors (Lipinski definition) is 3. The molecule has 0 spiro atoms. The van der Waals surface area contributed by atoms with Gasteiger partial charge in [0.25, 0.3) is 5.91 Å². The van der Waals surface area contributed by atoms with Gasteiger partial charge in [-0.25, -0.2) is 0 Å². The van der Waals surface area contributed by atoms with Crippen molar-refractivity contribution in [3.05, 3.63) is 29.3 Å². The Bertz CT molecular complexity index is 623. The first kappa shape index (κ1) is 15.4. The number of nitrogens with zero attached hydrogens (tertiary/aromatic N) is 3. The molecule has 0 radical (unpaired) electrons. The Labute approximate surface area is 126 Å². The molecule has 0 unspecified atom stereocenters. The Morgan fingerprint density at radius 1 is 1.19 bits per heavy atom. The summed E-state index contributed by atoms with van der Waals surface area (Å²) in [5.74, 6) is -0.394. The molecular formula is C17H23N3O. The van der Waals surface area contributed by atoms with Gasteiger partial charge in [0.15, 0.2) is 0 Å². The maximum atomic E-state index is 12.5. The highest BCUT2D eigenvalue weighted by Gasteiger charge is 2.33. The molecule has 0 bridgehead atoms. The zero-order chi connectivity index (χ0) is 15.8. The maximum Gasteiger partial charge on any atom is 0.261 e. The van der Waals surface area contributed by atoms with Crippen LogP contribution in [0, 0.1) is 19.8 Å². The van der Waals surface area contributed by atoms with Crippen LogP contribution in [-0.2, 0) is 4.79 Å². The zero-order valence-corrected chi connectivity index (χ0v) is 13.6. The first-order valence-electron chi connectivity index (χ1n) is 7.21. The Balaban J connectivity index is 2.27. The highest BCUT2D eigenvalue weighted by molar-refractivity contribution is 6.23. The Kier molecular flexibility index (Phi) is 3.99. The van der Waals surface area contributed by atoms with Crippen LogP contribution < -0.4 is 5.01 Å². The second-order valence-corrected chi connectivity index (χ2v) is 6.59. The summed E-state index contributed by atoms with van der Waals surface area (Å²) in [6, 6.07) is 5.94. The van der Waals surface area contributed by atoms with E-state index in [9.17, 15) is 4.79 Å². The van der Waals surface area contributed by atoms with Crippen molar-refractivity contribution in [2.24, 2.45) is 16.0 Å². The molecule has 0 N–H and O–H groups in total.